The maximum Gasteiger partial charge on any atom is 0.315 e. The normalized spacial score (nSPS) is 12.3. The van der Waals surface area contributed by atoms with E-state index in [1.165, 1.54) is 27.0 Å². The third-order valence-electron chi connectivity index (χ3n) is 2.59. The summed E-state index contributed by atoms with van der Waals surface area (Å²) in [6, 6.07) is 3.13. The highest BCUT2D eigenvalue weighted by molar-refractivity contribution is 8.13. The zero-order valence-corrected chi connectivity index (χ0v) is 11.6. The van der Waals surface area contributed by atoms with Gasteiger partial charge < -0.3 is 4.74 Å². The van der Waals surface area contributed by atoms with Crippen LogP contribution >= 0.6 is 10.7 Å². The van der Waals surface area contributed by atoms with Crippen LogP contribution in [0.25, 0.3) is 0 Å². The Kier molecular flexibility index (Phi) is 4.02. The summed E-state index contributed by atoms with van der Waals surface area (Å²) in [5.74, 6) is -1.45. The summed E-state index contributed by atoms with van der Waals surface area (Å²) in [5.41, 5.74) is -1.17. The third-order valence-corrected chi connectivity index (χ3v) is 3.94. The van der Waals surface area contributed by atoms with Crippen LogP contribution in [-0.4, -0.2) is 21.5 Å². The van der Waals surface area contributed by atoms with Crippen molar-refractivity contribution in [2.45, 2.75) is 24.2 Å². The van der Waals surface area contributed by atoms with E-state index in [4.69, 9.17) is 10.7 Å². The van der Waals surface area contributed by atoms with Crippen molar-refractivity contribution in [3.05, 3.63) is 29.6 Å². The number of halogens is 2. The molecule has 1 aromatic carbocycles. The molecule has 0 saturated carbocycles. The number of hydrogen-bond acceptors (Lipinski definition) is 4. The highest BCUT2D eigenvalue weighted by Crippen LogP contribution is 2.29. The zero-order valence-electron chi connectivity index (χ0n) is 10.0. The van der Waals surface area contributed by atoms with E-state index in [0.717, 1.165) is 12.1 Å². The molecule has 0 fully saturated rings. The van der Waals surface area contributed by atoms with Gasteiger partial charge in [-0.05, 0) is 26.0 Å². The molecule has 18 heavy (non-hydrogen) atoms. The number of benzene rings is 1. The molecular weight excluding hydrogens is 283 g/mol. The van der Waals surface area contributed by atoms with Crippen LogP contribution in [0.5, 0.6) is 0 Å². The van der Waals surface area contributed by atoms with Gasteiger partial charge in [0, 0.05) is 16.2 Å². The van der Waals surface area contributed by atoms with Gasteiger partial charge in [-0.15, -0.1) is 0 Å². The lowest BCUT2D eigenvalue weighted by atomic mass is 9.84. The zero-order chi connectivity index (χ0) is 14.1. The number of ether oxygens (including phenoxy) is 1. The number of carbonyl (C=O) groups excluding carboxylic acids is 1. The monoisotopic (exact) mass is 294 g/mol. The van der Waals surface area contributed by atoms with Gasteiger partial charge in [-0.1, -0.05) is 6.07 Å². The quantitative estimate of drug-likeness (QED) is 0.633. The molecule has 0 aromatic heterocycles. The smallest absolute Gasteiger partial charge is 0.315 e. The Labute approximate surface area is 109 Å². The summed E-state index contributed by atoms with van der Waals surface area (Å²) in [6.07, 6.45) is 0. The standard InChI is InChI=1S/C11H12ClFO4S/c1-11(2,10(14)17-3)8-5-4-7(6-9(8)13)18(12,15)16/h4-6H,1-3H3. The molecule has 0 spiro atoms. The molecule has 1 aromatic rings. The molecule has 100 valence electrons. The number of hydrogen-bond donors (Lipinski definition) is 0. The van der Waals surface area contributed by atoms with Gasteiger partial charge in [0.05, 0.1) is 17.4 Å². The summed E-state index contributed by atoms with van der Waals surface area (Å²) >= 11 is 0. The van der Waals surface area contributed by atoms with Gasteiger partial charge in [-0.2, -0.15) is 0 Å². The second kappa shape index (κ2) is 4.85. The lowest BCUT2D eigenvalue weighted by Gasteiger charge is -2.22. The minimum Gasteiger partial charge on any atom is -0.468 e. The van der Waals surface area contributed by atoms with Gasteiger partial charge in [0.25, 0.3) is 9.05 Å². The van der Waals surface area contributed by atoms with E-state index in [0.29, 0.717) is 0 Å². The second-order valence-corrected chi connectivity index (χ2v) is 6.76. The van der Waals surface area contributed by atoms with Crippen LogP contribution in [0.1, 0.15) is 19.4 Å². The Bertz CT molecular complexity index is 581. The number of methoxy groups -OCH3 is 1. The first-order valence-electron chi connectivity index (χ1n) is 4.94. The summed E-state index contributed by atoms with van der Waals surface area (Å²) in [7, 11) is 2.30. The second-order valence-electron chi connectivity index (χ2n) is 4.20. The maximum absolute atomic E-state index is 13.8. The number of esters is 1. The van der Waals surface area contributed by atoms with Gasteiger partial charge in [-0.25, -0.2) is 12.8 Å². The van der Waals surface area contributed by atoms with E-state index in [1.807, 2.05) is 0 Å². The number of carbonyl (C=O) groups is 1. The van der Waals surface area contributed by atoms with Crippen LogP contribution in [0.3, 0.4) is 0 Å². The van der Waals surface area contributed by atoms with Gasteiger partial charge in [0.1, 0.15) is 5.82 Å². The van der Waals surface area contributed by atoms with E-state index < -0.39 is 26.3 Å². The third kappa shape index (κ3) is 2.81. The first-order chi connectivity index (χ1) is 8.10. The molecule has 0 saturated heterocycles. The van der Waals surface area contributed by atoms with Crippen molar-refractivity contribution in [1.82, 2.24) is 0 Å². The predicted molar refractivity (Wildman–Crippen MR) is 64.5 cm³/mol. The first kappa shape index (κ1) is 14.9. The van der Waals surface area contributed by atoms with Gasteiger partial charge in [0.15, 0.2) is 0 Å². The van der Waals surface area contributed by atoms with Gasteiger partial charge in [-0.3, -0.25) is 4.79 Å². The molecule has 0 heterocycles. The summed E-state index contributed by atoms with van der Waals surface area (Å²) in [6.45, 7) is 2.96. The molecule has 0 amide bonds. The SMILES string of the molecule is COC(=O)C(C)(C)c1ccc(S(=O)(=O)Cl)cc1F. The molecule has 0 atom stereocenters. The Balaban J connectivity index is 3.35. The van der Waals surface area contributed by atoms with Crippen LogP contribution < -0.4 is 0 Å². The Morgan fingerprint density at radius 3 is 2.33 bits per heavy atom. The van der Waals surface area contributed by atoms with Crippen LogP contribution in [0.2, 0.25) is 0 Å². The maximum atomic E-state index is 13.8. The summed E-state index contributed by atoms with van der Waals surface area (Å²) < 4.78 is 40.5. The van der Waals surface area contributed by atoms with E-state index in [9.17, 15) is 17.6 Å². The van der Waals surface area contributed by atoms with Crippen molar-refractivity contribution in [3.8, 4) is 0 Å². The highest BCUT2D eigenvalue weighted by Gasteiger charge is 2.34. The molecule has 1 rings (SSSR count). The molecule has 0 bridgehead atoms. The van der Waals surface area contributed by atoms with Crippen LogP contribution in [0.4, 0.5) is 4.39 Å². The van der Waals surface area contributed by atoms with Gasteiger partial charge in [0.2, 0.25) is 0 Å². The molecule has 4 nitrogen and oxygen atoms in total. The molecule has 0 unspecified atom stereocenters. The molecule has 7 heteroatoms. The van der Waals surface area contributed by atoms with E-state index >= 15 is 0 Å². The van der Waals surface area contributed by atoms with Crippen LogP contribution in [-0.2, 0) is 24.0 Å². The van der Waals surface area contributed by atoms with E-state index in [1.54, 1.807) is 0 Å². The fourth-order valence-corrected chi connectivity index (χ4v) is 2.28. The molecule has 0 N–H and O–H groups in total. The molecule has 0 aliphatic rings. The lowest BCUT2D eigenvalue weighted by molar-refractivity contribution is -0.146. The van der Waals surface area contributed by atoms with Crippen molar-refractivity contribution >= 4 is 25.7 Å². The molecular formula is C11H12ClFO4S. The van der Waals surface area contributed by atoms with E-state index in [2.05, 4.69) is 4.74 Å². The summed E-state index contributed by atoms with van der Waals surface area (Å²) in [5, 5.41) is 0. The first-order valence-corrected chi connectivity index (χ1v) is 7.24. The molecule has 0 aliphatic carbocycles. The van der Waals surface area contributed by atoms with Crippen molar-refractivity contribution in [3.63, 3.8) is 0 Å². The van der Waals surface area contributed by atoms with E-state index in [-0.39, 0.29) is 10.5 Å². The number of rotatable bonds is 3. The van der Waals surface area contributed by atoms with Crippen molar-refractivity contribution in [2.24, 2.45) is 0 Å². The lowest BCUT2D eigenvalue weighted by Crippen LogP contribution is -2.31. The fourth-order valence-electron chi connectivity index (χ4n) is 1.52. The van der Waals surface area contributed by atoms with Crippen molar-refractivity contribution < 1.29 is 22.3 Å². The van der Waals surface area contributed by atoms with Crippen molar-refractivity contribution in [2.75, 3.05) is 7.11 Å². The Morgan fingerprint density at radius 1 is 1.39 bits per heavy atom. The average molecular weight is 295 g/mol. The molecule has 0 radical (unpaired) electrons. The topological polar surface area (TPSA) is 60.4 Å². The highest BCUT2D eigenvalue weighted by atomic mass is 35.7. The predicted octanol–water partition coefficient (Wildman–Crippen LogP) is 2.20. The molecule has 0 aliphatic heterocycles. The Hall–Kier alpha value is -1.14. The van der Waals surface area contributed by atoms with Gasteiger partial charge >= 0.3 is 5.97 Å². The van der Waals surface area contributed by atoms with Crippen LogP contribution in [0, 0.1) is 5.82 Å². The average Bonchev–Trinajstić information content (AvgIpc) is 2.26. The largest absolute Gasteiger partial charge is 0.468 e. The Morgan fingerprint density at radius 2 is 1.94 bits per heavy atom. The minimum absolute atomic E-state index is 0.0402. The van der Waals surface area contributed by atoms with Crippen molar-refractivity contribution in [1.29, 1.82) is 0 Å². The minimum atomic E-state index is -4.00. The van der Waals surface area contributed by atoms with Crippen LogP contribution in [0.15, 0.2) is 23.1 Å². The fraction of sp³-hybridized carbons (Fsp3) is 0.364. The summed E-state index contributed by atoms with van der Waals surface area (Å²) in [4.78, 5) is 11.2.